The van der Waals surface area contributed by atoms with Gasteiger partial charge in [-0.1, -0.05) is 0 Å². The van der Waals surface area contributed by atoms with Crippen LogP contribution in [0.15, 0.2) is 0 Å². The molecule has 0 radical (unpaired) electrons. The highest BCUT2D eigenvalue weighted by molar-refractivity contribution is 5.02. The largest absolute Gasteiger partial charge is 0.394 e. The Labute approximate surface area is 434 Å². The molecule has 21 saturated heterocycles. The predicted octanol–water partition coefficient (Wildman–Crippen LogP) is -15.3. The first kappa shape index (κ1) is 61.7. The van der Waals surface area contributed by atoms with Gasteiger partial charge in [0.2, 0.25) is 0 Å². The maximum absolute atomic E-state index is 11.4. The zero-order valence-corrected chi connectivity index (χ0v) is 40.4. The fourth-order valence-corrected chi connectivity index (χ4v) is 10.5. The molecule has 0 aromatic carbocycles. The standard InChI is InChI=1S/C42H71NO34/c43-15-16(51)36-64-8(1-44)29(15)71-37-23(58)17(52)31(10(3-46)65-37)73-39-25(60)19(54)33(12(5-48)67-39)75-41-27(62)21(56)35(14(7-50)69-41)77-42-28(63)22(57)34(13(6-49)70-42)76-40-26(61)20(55)32(11(4-47)68-40)74-38-24(59)18(53)30(72-36)9(2-45)66-38/h8-42,44-63H,1-7,43H2/t8-,9-,10-,11-,12-,13-,14-,15+,16+,17-,18-,19-,20-,21-,22-,23-,24-,25-,26-,27-,28-,29-,30-,31-,32-,33-,34-,35-,36-,37-,38-,39-,40?,41-,42-/m1/s1. The van der Waals surface area contributed by atoms with Gasteiger partial charge in [0.25, 0.3) is 0 Å². The highest BCUT2D eigenvalue weighted by atomic mass is 16.8. The molecule has 35 nitrogen and oxygen atoms in total. The highest BCUT2D eigenvalue weighted by Crippen LogP contribution is 2.38. The third kappa shape index (κ3) is 12.1. The predicted molar refractivity (Wildman–Crippen MR) is 230 cm³/mol. The van der Waals surface area contributed by atoms with Crippen molar-refractivity contribution in [3.8, 4) is 0 Å². The van der Waals surface area contributed by atoms with Gasteiger partial charge in [-0.05, 0) is 0 Å². The van der Waals surface area contributed by atoms with Crippen LogP contribution in [-0.4, -0.2) is 363 Å². The van der Waals surface area contributed by atoms with Crippen LogP contribution in [-0.2, 0) is 66.3 Å². The van der Waals surface area contributed by atoms with Crippen LogP contribution in [0.3, 0.4) is 0 Å². The molecule has 0 aromatic heterocycles. The average molecular weight is 1130 g/mol. The van der Waals surface area contributed by atoms with Gasteiger partial charge in [0.15, 0.2) is 44.0 Å². The van der Waals surface area contributed by atoms with Gasteiger partial charge in [-0.2, -0.15) is 0 Å². The minimum absolute atomic E-state index is 0.967. The van der Waals surface area contributed by atoms with E-state index in [2.05, 4.69) is 0 Å². The molecule has 21 heterocycles. The number of hydrogen-bond donors (Lipinski definition) is 21. The van der Waals surface area contributed by atoms with Crippen molar-refractivity contribution in [3.05, 3.63) is 0 Å². The molecule has 1 unspecified atom stereocenters. The van der Waals surface area contributed by atoms with Crippen LogP contribution in [0.2, 0.25) is 0 Å². The van der Waals surface area contributed by atoms with Crippen molar-refractivity contribution in [2.24, 2.45) is 5.73 Å². The Hall–Kier alpha value is -1.40. The van der Waals surface area contributed by atoms with Crippen LogP contribution >= 0.6 is 0 Å². The van der Waals surface area contributed by atoms with E-state index in [-0.39, 0.29) is 0 Å². The second kappa shape index (κ2) is 26.0. The van der Waals surface area contributed by atoms with Crippen LogP contribution in [0.1, 0.15) is 0 Å². The van der Waals surface area contributed by atoms with E-state index in [9.17, 15) is 102 Å². The first-order chi connectivity index (χ1) is 36.7. The summed E-state index contributed by atoms with van der Waals surface area (Å²) in [5, 5.41) is 219. The zero-order chi connectivity index (χ0) is 56.1. The van der Waals surface area contributed by atoms with Crippen molar-refractivity contribution >= 4 is 0 Å². The van der Waals surface area contributed by atoms with Gasteiger partial charge in [0.1, 0.15) is 165 Å². The average Bonchev–Trinajstić information content (AvgIpc) is 3.45. The van der Waals surface area contributed by atoms with E-state index < -0.39 is 261 Å². The summed E-state index contributed by atoms with van der Waals surface area (Å²) in [4.78, 5) is 0. The Morgan fingerprint density at radius 2 is 0.338 bits per heavy atom. The van der Waals surface area contributed by atoms with Crippen LogP contribution < -0.4 is 5.73 Å². The van der Waals surface area contributed by atoms with E-state index in [1.54, 1.807) is 0 Å². The summed E-state index contributed by atoms with van der Waals surface area (Å²) in [6, 6.07) is -1.67. The minimum atomic E-state index is -2.20. The molecule has 21 rings (SSSR count). The molecule has 448 valence electrons. The molecule has 77 heavy (non-hydrogen) atoms. The summed E-state index contributed by atoms with van der Waals surface area (Å²) in [6.45, 7) is -7.15. The summed E-state index contributed by atoms with van der Waals surface area (Å²) in [5.74, 6) is 0. The number of ether oxygens (including phenoxy) is 14. The van der Waals surface area contributed by atoms with Gasteiger partial charge < -0.3 is 174 Å². The lowest BCUT2D eigenvalue weighted by Crippen LogP contribution is -2.69. The Morgan fingerprint density at radius 1 is 0.195 bits per heavy atom. The minimum Gasteiger partial charge on any atom is -0.394 e. The SMILES string of the molecule is N[C@H]1[C@H](O)[C@H]2O[C@H]3[C@H](O)[C@@H](O)[C@@H](O[C@H]4[C@H](O)[C@@H](O)C(O[C@H]5[C@H](O)[C@@H](O)[C@@H](O[C@H]6[C@H](O)[C@@H](O)[C@@H](O[C@H]7[C@H](O)[C@@H](O)[C@@H](O[C@H]8[C@H](O)[C@@H](O)[C@@H](O[C@@H]1[C@@H](CO)O2)O[C@@H]8CO)O[C@@H]7CO)O[C@@H]6CO)O[C@@H]5CO)O[C@@H]4CO)O[C@@H]3CO. The summed E-state index contributed by atoms with van der Waals surface area (Å²) in [6.07, 6.45) is -66.7. The monoisotopic (exact) mass is 1130 g/mol. The van der Waals surface area contributed by atoms with Gasteiger partial charge >= 0.3 is 0 Å². The van der Waals surface area contributed by atoms with Gasteiger partial charge in [0, 0.05) is 0 Å². The quantitative estimate of drug-likeness (QED) is 0.113. The molecule has 35 heteroatoms. The Balaban J connectivity index is 1.08. The molecule has 0 spiro atoms. The molecular formula is C42H71NO34. The van der Waals surface area contributed by atoms with E-state index >= 15 is 0 Å². The molecule has 0 aromatic rings. The molecule has 14 bridgehead atoms. The maximum atomic E-state index is 11.4. The van der Waals surface area contributed by atoms with Crippen molar-refractivity contribution < 1.29 is 168 Å². The molecule has 21 fully saturated rings. The number of hydrogen-bond acceptors (Lipinski definition) is 35. The third-order valence-electron chi connectivity index (χ3n) is 14.9. The van der Waals surface area contributed by atoms with E-state index in [1.165, 1.54) is 0 Å². The normalized spacial score (nSPS) is 55.4. The fourth-order valence-electron chi connectivity index (χ4n) is 10.5. The van der Waals surface area contributed by atoms with Crippen LogP contribution in [0.25, 0.3) is 0 Å². The topological polar surface area (TPSA) is 560 Å². The van der Waals surface area contributed by atoms with Gasteiger partial charge in [-0.3, -0.25) is 0 Å². The van der Waals surface area contributed by atoms with Crippen molar-refractivity contribution in [1.29, 1.82) is 0 Å². The van der Waals surface area contributed by atoms with Gasteiger partial charge in [-0.15, -0.1) is 0 Å². The first-order valence-electron chi connectivity index (χ1n) is 24.7. The Bertz CT molecular complexity index is 1470. The molecule has 0 saturated carbocycles. The third-order valence-corrected chi connectivity index (χ3v) is 14.9. The molecular weight excluding hydrogens is 1060 g/mol. The smallest absolute Gasteiger partial charge is 0.187 e. The van der Waals surface area contributed by atoms with E-state index in [4.69, 9.17) is 72.0 Å². The second-order valence-corrected chi connectivity index (χ2v) is 19.7. The molecule has 22 N–H and O–H groups in total. The lowest BCUT2D eigenvalue weighted by Gasteiger charge is -2.50. The van der Waals surface area contributed by atoms with E-state index in [0.717, 1.165) is 0 Å². The number of nitrogens with two attached hydrogens (primary N) is 1. The number of aliphatic hydroxyl groups is 20. The molecule has 0 aliphatic carbocycles. The van der Waals surface area contributed by atoms with Crippen molar-refractivity contribution in [3.63, 3.8) is 0 Å². The molecule has 21 aliphatic heterocycles. The lowest BCUT2D eigenvalue weighted by atomic mass is 9.94. The molecule has 0 amide bonds. The summed E-state index contributed by atoms with van der Waals surface area (Å²) < 4.78 is 79.9. The van der Waals surface area contributed by atoms with Crippen molar-refractivity contribution in [1.82, 2.24) is 0 Å². The van der Waals surface area contributed by atoms with Gasteiger partial charge in [-0.25, -0.2) is 0 Å². The van der Waals surface area contributed by atoms with Crippen LogP contribution in [0.4, 0.5) is 0 Å². The fraction of sp³-hybridized carbons (Fsp3) is 1.00. The molecule has 21 aliphatic rings. The maximum Gasteiger partial charge on any atom is 0.187 e. The van der Waals surface area contributed by atoms with Gasteiger partial charge in [0.05, 0.1) is 52.3 Å². The van der Waals surface area contributed by atoms with Crippen molar-refractivity contribution in [2.45, 2.75) is 215 Å². The second-order valence-electron chi connectivity index (χ2n) is 19.7. The van der Waals surface area contributed by atoms with Crippen molar-refractivity contribution in [2.75, 3.05) is 46.2 Å². The first-order valence-corrected chi connectivity index (χ1v) is 24.7. The Morgan fingerprint density at radius 3 is 0.506 bits per heavy atom. The Kier molecular flexibility index (Phi) is 20.8. The lowest BCUT2D eigenvalue weighted by molar-refractivity contribution is -0.396. The van der Waals surface area contributed by atoms with E-state index in [0.29, 0.717) is 0 Å². The summed E-state index contributed by atoms with van der Waals surface area (Å²) in [7, 11) is 0. The van der Waals surface area contributed by atoms with E-state index in [1.807, 2.05) is 0 Å². The summed E-state index contributed by atoms with van der Waals surface area (Å²) >= 11 is 0. The number of rotatable bonds is 7. The number of aliphatic hydroxyl groups excluding tert-OH is 20. The summed E-state index contributed by atoms with van der Waals surface area (Å²) in [5.41, 5.74) is 6.35. The highest BCUT2D eigenvalue weighted by Gasteiger charge is 2.59. The zero-order valence-electron chi connectivity index (χ0n) is 40.4. The van der Waals surface area contributed by atoms with Crippen LogP contribution in [0.5, 0.6) is 0 Å². The van der Waals surface area contributed by atoms with Crippen LogP contribution in [0, 0.1) is 0 Å². The molecule has 35 atom stereocenters.